The van der Waals surface area contributed by atoms with Gasteiger partial charge in [-0.25, -0.2) is 0 Å². The molecule has 4 heteroatoms. The van der Waals surface area contributed by atoms with Gasteiger partial charge in [0.2, 0.25) is 0 Å². The second-order valence-electron chi connectivity index (χ2n) is 5.07. The van der Waals surface area contributed by atoms with Gasteiger partial charge < -0.3 is 5.32 Å². The predicted octanol–water partition coefficient (Wildman–Crippen LogP) is 4.01. The van der Waals surface area contributed by atoms with Crippen molar-refractivity contribution in [3.63, 3.8) is 0 Å². The zero-order chi connectivity index (χ0) is 13.0. The van der Waals surface area contributed by atoms with Gasteiger partial charge in [-0.2, -0.15) is 0 Å². The van der Waals surface area contributed by atoms with Crippen LogP contribution in [-0.4, -0.2) is 31.1 Å². The van der Waals surface area contributed by atoms with Gasteiger partial charge >= 0.3 is 0 Å². The van der Waals surface area contributed by atoms with Crippen LogP contribution in [0.25, 0.3) is 0 Å². The molecule has 0 aromatic heterocycles. The molecule has 1 N–H and O–H groups in total. The van der Waals surface area contributed by atoms with Crippen LogP contribution in [0.4, 0.5) is 0 Å². The van der Waals surface area contributed by atoms with E-state index in [1.165, 1.54) is 37.9 Å². The van der Waals surface area contributed by atoms with Crippen LogP contribution in [0.5, 0.6) is 0 Å². The molecule has 108 valence electrons. The fourth-order valence-electron chi connectivity index (χ4n) is 2.89. The number of rotatable bonds is 4. The molecule has 1 unspecified atom stereocenters. The zero-order valence-electron chi connectivity index (χ0n) is 11.7. The molecule has 1 aromatic carbocycles. The van der Waals surface area contributed by atoms with Gasteiger partial charge in [0.15, 0.2) is 0 Å². The lowest BCUT2D eigenvalue weighted by Gasteiger charge is -2.37. The summed E-state index contributed by atoms with van der Waals surface area (Å²) in [5.74, 6) is 0. The number of benzene rings is 1. The molecule has 1 fully saturated rings. The summed E-state index contributed by atoms with van der Waals surface area (Å²) in [4.78, 5) is 2.64. The molecule has 19 heavy (non-hydrogen) atoms. The molecular weight excluding hydrogens is 324 g/mol. The molecule has 2 rings (SSSR count). The molecule has 1 aromatic rings. The van der Waals surface area contributed by atoms with Crippen LogP contribution in [0, 0.1) is 0 Å². The first-order valence-corrected chi connectivity index (χ1v) is 7.70. The van der Waals surface area contributed by atoms with Crippen molar-refractivity contribution in [2.45, 2.75) is 38.3 Å². The van der Waals surface area contributed by atoms with E-state index in [9.17, 15) is 0 Å². The number of hydrogen-bond donors (Lipinski definition) is 1. The van der Waals surface area contributed by atoms with Gasteiger partial charge in [0, 0.05) is 29.6 Å². The van der Waals surface area contributed by atoms with Crippen LogP contribution >= 0.6 is 28.3 Å². The minimum atomic E-state index is 0. The minimum absolute atomic E-state index is 0. The maximum atomic E-state index is 3.51. The Morgan fingerprint density at radius 3 is 2.32 bits per heavy atom. The molecule has 1 aliphatic heterocycles. The fourth-order valence-corrected chi connectivity index (χ4v) is 3.15. The first-order valence-electron chi connectivity index (χ1n) is 6.91. The maximum Gasteiger partial charge on any atom is 0.0345 e. The molecule has 0 aliphatic carbocycles. The number of hydrogen-bond acceptors (Lipinski definition) is 2. The van der Waals surface area contributed by atoms with Gasteiger partial charge in [0.1, 0.15) is 0 Å². The van der Waals surface area contributed by atoms with E-state index in [0.717, 1.165) is 4.47 Å². The number of nitrogens with one attached hydrogen (secondary N) is 1. The van der Waals surface area contributed by atoms with Crippen LogP contribution in [0.2, 0.25) is 0 Å². The van der Waals surface area contributed by atoms with Crippen molar-refractivity contribution in [1.82, 2.24) is 10.2 Å². The lowest BCUT2D eigenvalue weighted by molar-refractivity contribution is 0.142. The van der Waals surface area contributed by atoms with Crippen molar-refractivity contribution in [2.75, 3.05) is 20.1 Å². The summed E-state index contributed by atoms with van der Waals surface area (Å²) < 4.78 is 1.16. The fraction of sp³-hybridized carbons (Fsp3) is 0.600. The van der Waals surface area contributed by atoms with Gasteiger partial charge in [-0.1, -0.05) is 35.0 Å². The average molecular weight is 348 g/mol. The summed E-state index contributed by atoms with van der Waals surface area (Å²) in [6.07, 6.45) is 3.72. The van der Waals surface area contributed by atoms with Crippen molar-refractivity contribution < 1.29 is 0 Å². The summed E-state index contributed by atoms with van der Waals surface area (Å²) in [6, 6.07) is 10.1. The van der Waals surface area contributed by atoms with Gasteiger partial charge in [-0.3, -0.25) is 4.90 Å². The molecule has 0 amide bonds. The lowest BCUT2D eigenvalue weighted by atomic mass is 9.98. The first kappa shape index (κ1) is 17.0. The van der Waals surface area contributed by atoms with Crippen LogP contribution in [-0.2, 0) is 0 Å². The van der Waals surface area contributed by atoms with E-state index in [0.29, 0.717) is 12.1 Å². The zero-order valence-corrected chi connectivity index (χ0v) is 14.1. The van der Waals surface area contributed by atoms with E-state index >= 15 is 0 Å². The second-order valence-corrected chi connectivity index (χ2v) is 5.99. The molecule has 1 heterocycles. The average Bonchev–Trinajstić information content (AvgIpc) is 2.42. The van der Waals surface area contributed by atoms with Gasteiger partial charge in [-0.15, -0.1) is 12.4 Å². The van der Waals surface area contributed by atoms with Crippen molar-refractivity contribution >= 4 is 28.3 Å². The molecule has 1 aliphatic rings. The number of piperidine rings is 1. The van der Waals surface area contributed by atoms with Crippen LogP contribution in [0.15, 0.2) is 28.7 Å². The molecule has 0 radical (unpaired) electrons. The Labute approximate surface area is 131 Å². The summed E-state index contributed by atoms with van der Waals surface area (Å²) >= 11 is 3.51. The summed E-state index contributed by atoms with van der Waals surface area (Å²) in [6.45, 7) is 4.71. The van der Waals surface area contributed by atoms with Crippen molar-refractivity contribution in [3.8, 4) is 0 Å². The summed E-state index contributed by atoms with van der Waals surface area (Å²) in [5.41, 5.74) is 1.45. The van der Waals surface area contributed by atoms with Crippen molar-refractivity contribution in [1.29, 1.82) is 0 Å². The van der Waals surface area contributed by atoms with Crippen LogP contribution < -0.4 is 5.32 Å². The van der Waals surface area contributed by atoms with E-state index in [1.54, 1.807) is 0 Å². The highest BCUT2D eigenvalue weighted by atomic mass is 79.9. The largest absolute Gasteiger partial charge is 0.317 e. The Morgan fingerprint density at radius 1 is 1.26 bits per heavy atom. The van der Waals surface area contributed by atoms with Crippen LogP contribution in [0.1, 0.15) is 37.8 Å². The van der Waals surface area contributed by atoms with Gasteiger partial charge in [-0.05, 0) is 44.0 Å². The monoisotopic (exact) mass is 346 g/mol. The quantitative estimate of drug-likeness (QED) is 0.885. The Kier molecular flexibility index (Phi) is 7.37. The molecule has 0 saturated carbocycles. The number of nitrogens with zero attached hydrogens (tertiary/aromatic N) is 1. The standard InChI is InChI=1S/C15H23BrN2.ClH/c1-3-15(12-4-6-13(16)7-5-12)18-10-8-14(17-2)9-11-18;/h4-7,14-15,17H,3,8-11H2,1-2H3;1H. The third-order valence-corrected chi connectivity index (χ3v) is 4.55. The second kappa shape index (κ2) is 8.25. The highest BCUT2D eigenvalue weighted by Crippen LogP contribution is 2.28. The number of halogens is 2. The van der Waals surface area contributed by atoms with E-state index in [1.807, 2.05) is 0 Å². The molecule has 0 bridgehead atoms. The van der Waals surface area contributed by atoms with E-state index in [2.05, 4.69) is 64.4 Å². The van der Waals surface area contributed by atoms with Crippen LogP contribution in [0.3, 0.4) is 0 Å². The lowest BCUT2D eigenvalue weighted by Crippen LogP contribution is -2.42. The normalized spacial score (nSPS) is 18.9. The number of likely N-dealkylation sites (tertiary alicyclic amines) is 1. The smallest absolute Gasteiger partial charge is 0.0345 e. The third-order valence-electron chi connectivity index (χ3n) is 4.02. The minimum Gasteiger partial charge on any atom is -0.317 e. The van der Waals surface area contributed by atoms with Crippen molar-refractivity contribution in [3.05, 3.63) is 34.3 Å². The Bertz CT molecular complexity index is 361. The van der Waals surface area contributed by atoms with Crippen molar-refractivity contribution in [2.24, 2.45) is 0 Å². The van der Waals surface area contributed by atoms with Gasteiger partial charge in [0.25, 0.3) is 0 Å². The Balaban J connectivity index is 0.00000180. The highest BCUT2D eigenvalue weighted by Gasteiger charge is 2.24. The van der Waals surface area contributed by atoms with E-state index in [4.69, 9.17) is 0 Å². The molecule has 1 atom stereocenters. The van der Waals surface area contributed by atoms with E-state index < -0.39 is 0 Å². The molecule has 1 saturated heterocycles. The highest BCUT2D eigenvalue weighted by molar-refractivity contribution is 9.10. The summed E-state index contributed by atoms with van der Waals surface area (Å²) in [5, 5.41) is 3.40. The summed E-state index contributed by atoms with van der Waals surface area (Å²) in [7, 11) is 2.08. The maximum absolute atomic E-state index is 3.51. The first-order chi connectivity index (χ1) is 8.74. The third kappa shape index (κ3) is 4.45. The van der Waals surface area contributed by atoms with Gasteiger partial charge in [0.05, 0.1) is 0 Å². The molecular formula is C15H24BrClN2. The van der Waals surface area contributed by atoms with E-state index in [-0.39, 0.29) is 12.4 Å². The Morgan fingerprint density at radius 2 is 1.84 bits per heavy atom. The molecule has 0 spiro atoms. The predicted molar refractivity (Wildman–Crippen MR) is 88.1 cm³/mol. The Hall–Kier alpha value is -0.0900. The topological polar surface area (TPSA) is 15.3 Å². The SMILES string of the molecule is CCC(c1ccc(Br)cc1)N1CCC(NC)CC1.Cl. The molecule has 2 nitrogen and oxygen atoms in total.